The van der Waals surface area contributed by atoms with E-state index < -0.39 is 0 Å². The maximum absolute atomic E-state index is 12.0. The van der Waals surface area contributed by atoms with Gasteiger partial charge in [-0.05, 0) is 43.9 Å². The number of amides is 1. The third-order valence-electron chi connectivity index (χ3n) is 4.80. The van der Waals surface area contributed by atoms with Crippen molar-refractivity contribution < 1.29 is 9.90 Å². The lowest BCUT2D eigenvalue weighted by Crippen LogP contribution is -2.29. The number of rotatable bonds is 6. The predicted molar refractivity (Wildman–Crippen MR) is 112 cm³/mol. The fraction of sp³-hybridized carbons (Fsp3) is 0.350. The summed E-state index contributed by atoms with van der Waals surface area (Å²) >= 11 is 6.28. The number of hydrogen-bond acceptors (Lipinski definition) is 6. The van der Waals surface area contributed by atoms with Gasteiger partial charge >= 0.3 is 0 Å². The van der Waals surface area contributed by atoms with E-state index in [-0.39, 0.29) is 18.1 Å². The number of benzene rings is 1. The molecule has 1 aliphatic rings. The molecule has 1 fully saturated rings. The number of nitrogens with one attached hydrogen (secondary N) is 2. The lowest BCUT2D eigenvalue weighted by Gasteiger charge is -2.26. The summed E-state index contributed by atoms with van der Waals surface area (Å²) < 4.78 is 0. The smallest absolute Gasteiger partial charge is 0.250 e. The molecule has 0 aliphatic heterocycles. The zero-order chi connectivity index (χ0) is 20.1. The van der Waals surface area contributed by atoms with Gasteiger partial charge in [-0.25, -0.2) is 4.98 Å². The van der Waals surface area contributed by atoms with Crippen LogP contribution < -0.4 is 15.5 Å². The van der Waals surface area contributed by atoms with Crippen LogP contribution in [-0.2, 0) is 4.79 Å². The van der Waals surface area contributed by atoms with Gasteiger partial charge in [0.25, 0.3) is 0 Å². The Bertz CT molecular complexity index is 852. The number of aliphatic hydroxyl groups is 1. The third-order valence-corrected chi connectivity index (χ3v) is 5.07. The Kier molecular flexibility index (Phi) is 6.49. The fourth-order valence-corrected chi connectivity index (χ4v) is 3.32. The minimum Gasteiger partial charge on any atom is -0.393 e. The normalized spacial score (nSPS) is 19.0. The average molecular weight is 402 g/mol. The van der Waals surface area contributed by atoms with Crippen molar-refractivity contribution in [3.8, 4) is 0 Å². The van der Waals surface area contributed by atoms with Crippen LogP contribution in [0.15, 0.2) is 43.1 Å². The van der Waals surface area contributed by atoms with Gasteiger partial charge in [-0.2, -0.15) is 4.98 Å². The van der Waals surface area contributed by atoms with Gasteiger partial charge in [0.2, 0.25) is 11.9 Å². The van der Waals surface area contributed by atoms with Crippen molar-refractivity contribution in [3.05, 3.63) is 48.1 Å². The highest BCUT2D eigenvalue weighted by Crippen LogP contribution is 2.31. The van der Waals surface area contributed by atoms with Crippen molar-refractivity contribution in [1.82, 2.24) is 9.97 Å². The summed E-state index contributed by atoms with van der Waals surface area (Å²) in [6.07, 6.45) is 5.87. The van der Waals surface area contributed by atoms with E-state index in [9.17, 15) is 9.90 Å². The molecular weight excluding hydrogens is 378 g/mol. The molecule has 1 heterocycles. The van der Waals surface area contributed by atoms with E-state index in [1.165, 1.54) is 17.2 Å². The first-order valence-corrected chi connectivity index (χ1v) is 9.59. The van der Waals surface area contributed by atoms with Crippen LogP contribution >= 0.6 is 11.6 Å². The van der Waals surface area contributed by atoms with Crippen molar-refractivity contribution in [3.63, 3.8) is 0 Å². The highest BCUT2D eigenvalue weighted by molar-refractivity contribution is 6.33. The number of hydrogen-bond donors (Lipinski definition) is 3. The number of nitrogens with zero attached hydrogens (tertiary/aromatic N) is 3. The Hall–Kier alpha value is -2.64. The van der Waals surface area contributed by atoms with Crippen LogP contribution in [0.1, 0.15) is 25.7 Å². The van der Waals surface area contributed by atoms with Gasteiger partial charge in [0.15, 0.2) is 5.82 Å². The highest BCUT2D eigenvalue weighted by Gasteiger charge is 2.20. The monoisotopic (exact) mass is 401 g/mol. The molecule has 2 aromatic rings. The zero-order valence-corrected chi connectivity index (χ0v) is 16.5. The predicted octanol–water partition coefficient (Wildman–Crippen LogP) is 3.74. The SMILES string of the molecule is C=CC(=O)N(C)c1ccccc1Nc1nc(N[C@H]2CC[C@H](O)CC2)ncc1Cl. The van der Waals surface area contributed by atoms with E-state index in [1.54, 1.807) is 7.05 Å². The Balaban J connectivity index is 1.79. The maximum Gasteiger partial charge on any atom is 0.250 e. The van der Waals surface area contributed by atoms with Crippen molar-refractivity contribution in [2.75, 3.05) is 22.6 Å². The van der Waals surface area contributed by atoms with Crippen LogP contribution in [0.25, 0.3) is 0 Å². The van der Waals surface area contributed by atoms with Crippen molar-refractivity contribution in [2.24, 2.45) is 0 Å². The van der Waals surface area contributed by atoms with Gasteiger partial charge in [-0.15, -0.1) is 0 Å². The summed E-state index contributed by atoms with van der Waals surface area (Å²) in [5, 5.41) is 16.5. The van der Waals surface area contributed by atoms with Gasteiger partial charge in [0.1, 0.15) is 5.02 Å². The Labute approximate surface area is 169 Å². The molecule has 0 saturated heterocycles. The van der Waals surface area contributed by atoms with Crippen LogP contribution in [0, 0.1) is 0 Å². The van der Waals surface area contributed by atoms with Gasteiger partial charge < -0.3 is 20.6 Å². The lowest BCUT2D eigenvalue weighted by molar-refractivity contribution is -0.113. The average Bonchev–Trinajstić information content (AvgIpc) is 2.71. The second-order valence-corrected chi connectivity index (χ2v) is 7.19. The van der Waals surface area contributed by atoms with Crippen LogP contribution in [0.2, 0.25) is 5.02 Å². The molecule has 0 radical (unpaired) electrons. The van der Waals surface area contributed by atoms with Crippen LogP contribution in [0.3, 0.4) is 0 Å². The van der Waals surface area contributed by atoms with E-state index in [0.29, 0.717) is 28.2 Å². The van der Waals surface area contributed by atoms with E-state index in [1.807, 2.05) is 24.3 Å². The summed E-state index contributed by atoms with van der Waals surface area (Å²) in [4.78, 5) is 22.2. The number of carbonyl (C=O) groups is 1. The zero-order valence-electron chi connectivity index (χ0n) is 15.7. The Morgan fingerprint density at radius 2 is 2.04 bits per heavy atom. The molecule has 1 aromatic carbocycles. The number of halogens is 1. The second-order valence-electron chi connectivity index (χ2n) is 6.78. The number of likely N-dealkylation sites (N-methyl/N-ethyl adjacent to an activating group) is 1. The summed E-state index contributed by atoms with van der Waals surface area (Å²) in [6, 6.07) is 7.60. The van der Waals surface area contributed by atoms with E-state index in [2.05, 4.69) is 27.2 Å². The molecule has 28 heavy (non-hydrogen) atoms. The number of aliphatic hydroxyl groups excluding tert-OH is 1. The molecule has 0 unspecified atom stereocenters. The van der Waals surface area contributed by atoms with Crippen LogP contribution in [0.4, 0.5) is 23.1 Å². The molecule has 0 bridgehead atoms. The molecule has 0 spiro atoms. The summed E-state index contributed by atoms with van der Waals surface area (Å²) in [5.74, 6) is 0.702. The molecule has 7 nitrogen and oxygen atoms in total. The second kappa shape index (κ2) is 9.03. The summed E-state index contributed by atoms with van der Waals surface area (Å²) in [7, 11) is 1.68. The Morgan fingerprint density at radius 3 is 2.75 bits per heavy atom. The standard InChI is InChI=1S/C20H24ClN5O2/c1-3-18(28)26(2)17-7-5-4-6-16(17)24-19-15(21)12-22-20(25-19)23-13-8-10-14(27)11-9-13/h3-7,12-14,27H,1,8-11H2,2H3,(H2,22,23,24,25)/t13-,14-. The molecule has 8 heteroatoms. The number of aromatic nitrogens is 2. The minimum atomic E-state index is -0.218. The van der Waals surface area contributed by atoms with Gasteiger partial charge in [0, 0.05) is 13.1 Å². The van der Waals surface area contributed by atoms with Crippen molar-refractivity contribution in [2.45, 2.75) is 37.8 Å². The molecule has 3 rings (SSSR count). The van der Waals surface area contributed by atoms with Gasteiger partial charge in [-0.1, -0.05) is 30.3 Å². The van der Waals surface area contributed by atoms with Crippen LogP contribution in [-0.4, -0.2) is 40.2 Å². The molecule has 1 amide bonds. The van der Waals surface area contributed by atoms with Gasteiger partial charge in [-0.3, -0.25) is 4.79 Å². The Morgan fingerprint density at radius 1 is 1.32 bits per heavy atom. The van der Waals surface area contributed by atoms with Crippen molar-refractivity contribution in [1.29, 1.82) is 0 Å². The first kappa shape index (κ1) is 20.1. The first-order chi connectivity index (χ1) is 13.5. The molecule has 1 aromatic heterocycles. The largest absolute Gasteiger partial charge is 0.393 e. The fourth-order valence-electron chi connectivity index (χ4n) is 3.18. The van der Waals surface area contributed by atoms with Crippen LogP contribution in [0.5, 0.6) is 0 Å². The summed E-state index contributed by atoms with van der Waals surface area (Å²) in [5.41, 5.74) is 1.37. The number of carbonyl (C=O) groups excluding carboxylic acids is 1. The lowest BCUT2D eigenvalue weighted by atomic mass is 9.93. The quantitative estimate of drug-likeness (QED) is 0.639. The molecular formula is C20H24ClN5O2. The minimum absolute atomic E-state index is 0.215. The molecule has 3 N–H and O–H groups in total. The van der Waals surface area contributed by atoms with E-state index >= 15 is 0 Å². The molecule has 1 saturated carbocycles. The molecule has 0 atom stereocenters. The molecule has 1 aliphatic carbocycles. The highest BCUT2D eigenvalue weighted by atomic mass is 35.5. The number of anilines is 4. The third kappa shape index (κ3) is 4.79. The van der Waals surface area contributed by atoms with E-state index in [0.717, 1.165) is 25.7 Å². The van der Waals surface area contributed by atoms with E-state index in [4.69, 9.17) is 11.6 Å². The number of para-hydroxylation sites is 2. The van der Waals surface area contributed by atoms with Crippen molar-refractivity contribution >= 4 is 40.6 Å². The van der Waals surface area contributed by atoms with Gasteiger partial charge in [0.05, 0.1) is 23.7 Å². The first-order valence-electron chi connectivity index (χ1n) is 9.21. The maximum atomic E-state index is 12.0. The topological polar surface area (TPSA) is 90.4 Å². The molecule has 148 valence electrons. The summed E-state index contributed by atoms with van der Waals surface area (Å²) in [6.45, 7) is 3.53.